The third-order valence-corrected chi connectivity index (χ3v) is 14.1. The summed E-state index contributed by atoms with van der Waals surface area (Å²) >= 11 is 0. The Morgan fingerprint density at radius 2 is 0.933 bits per heavy atom. The van der Waals surface area contributed by atoms with E-state index < -0.39 is 15.8 Å². The van der Waals surface area contributed by atoms with Gasteiger partial charge in [0, 0.05) is 11.3 Å². The van der Waals surface area contributed by atoms with Gasteiger partial charge in [0.1, 0.15) is 11.5 Å². The van der Waals surface area contributed by atoms with Crippen molar-refractivity contribution in [2.75, 3.05) is 14.2 Å². The van der Waals surface area contributed by atoms with E-state index in [4.69, 9.17) is 9.47 Å². The van der Waals surface area contributed by atoms with Crippen molar-refractivity contribution in [2.45, 2.75) is 73.6 Å². The van der Waals surface area contributed by atoms with Crippen LogP contribution in [0.3, 0.4) is 0 Å². The number of benzene rings is 4. The Morgan fingerprint density at radius 3 is 1.29 bits per heavy atom. The summed E-state index contributed by atoms with van der Waals surface area (Å²) < 4.78 is 11.6. The molecule has 233 valence electrons. The van der Waals surface area contributed by atoms with E-state index in [1.165, 1.54) is 71.3 Å². The van der Waals surface area contributed by atoms with Gasteiger partial charge < -0.3 is 9.47 Å². The molecule has 1 aliphatic rings. The number of hydrogen-bond acceptors (Lipinski definition) is 2. The van der Waals surface area contributed by atoms with Crippen LogP contribution in [0.5, 0.6) is 11.5 Å². The third kappa shape index (κ3) is 6.84. The zero-order valence-corrected chi connectivity index (χ0v) is 30.6. The Balaban J connectivity index is 1.69. The monoisotopic (exact) mass is 633 g/mol. The quantitative estimate of drug-likeness (QED) is 0.172. The van der Waals surface area contributed by atoms with E-state index in [0.29, 0.717) is 5.66 Å². The summed E-state index contributed by atoms with van der Waals surface area (Å²) in [6, 6.07) is 23.7. The van der Waals surface area contributed by atoms with E-state index in [-0.39, 0.29) is 5.66 Å². The summed E-state index contributed by atoms with van der Waals surface area (Å²) in [5.41, 5.74) is 11.9. The first-order valence-electron chi connectivity index (χ1n) is 15.8. The number of hydrogen-bond donors (Lipinski definition) is 0. The maximum atomic E-state index is 5.80. The molecule has 1 aliphatic carbocycles. The van der Waals surface area contributed by atoms with Crippen molar-refractivity contribution in [1.82, 2.24) is 0 Å². The van der Waals surface area contributed by atoms with Crippen molar-refractivity contribution in [3.05, 3.63) is 129 Å². The highest BCUT2D eigenvalue weighted by molar-refractivity contribution is 7.75. The normalized spacial score (nSPS) is 15.1. The fourth-order valence-electron chi connectivity index (χ4n) is 7.18. The van der Waals surface area contributed by atoms with Crippen LogP contribution < -0.4 is 30.7 Å². The first kappa shape index (κ1) is 33.2. The molecule has 2 atom stereocenters. The molecule has 2 nitrogen and oxygen atoms in total. The van der Waals surface area contributed by atoms with Gasteiger partial charge in [0.25, 0.3) is 0 Å². The van der Waals surface area contributed by atoms with Gasteiger partial charge in [0.2, 0.25) is 0 Å². The second-order valence-electron chi connectivity index (χ2n) is 12.7. The van der Waals surface area contributed by atoms with Crippen LogP contribution in [0, 0.1) is 61.5 Å². The highest BCUT2D eigenvalue weighted by Gasteiger charge is 2.35. The smallest absolute Gasteiger partial charge is 0.124 e. The Kier molecular flexibility index (Phi) is 10.1. The fraction of sp³-hybridized carbons (Fsp3) is 0.317. The van der Waals surface area contributed by atoms with Gasteiger partial charge >= 0.3 is 0 Å². The van der Waals surface area contributed by atoms with Crippen molar-refractivity contribution < 1.29 is 9.47 Å². The van der Waals surface area contributed by atoms with Gasteiger partial charge in [-0.25, -0.2) is 0 Å². The predicted octanol–water partition coefficient (Wildman–Crippen LogP) is 8.79. The lowest BCUT2D eigenvalue weighted by molar-refractivity contribution is 0.408. The van der Waals surface area contributed by atoms with Crippen LogP contribution in [0.2, 0.25) is 0 Å². The van der Waals surface area contributed by atoms with Crippen LogP contribution in [0.15, 0.2) is 78.4 Å². The van der Waals surface area contributed by atoms with E-state index in [0.717, 1.165) is 11.5 Å². The molecule has 45 heavy (non-hydrogen) atoms. The van der Waals surface area contributed by atoms with Gasteiger partial charge in [0.15, 0.2) is 0 Å². The fourth-order valence-corrected chi connectivity index (χ4v) is 13.5. The van der Waals surface area contributed by atoms with Crippen molar-refractivity contribution >= 4 is 37.1 Å². The van der Waals surface area contributed by atoms with Crippen LogP contribution in [-0.4, -0.2) is 25.5 Å². The molecule has 4 aromatic rings. The first-order valence-corrected chi connectivity index (χ1v) is 18.6. The molecule has 1 radical (unpaired) electrons. The highest BCUT2D eigenvalue weighted by atomic mass is 31.1. The molecular formula is C41H47O2P2. The van der Waals surface area contributed by atoms with Gasteiger partial charge in [-0.1, -0.05) is 77.7 Å². The molecule has 0 aliphatic heterocycles. The molecule has 0 saturated carbocycles. The highest BCUT2D eigenvalue weighted by Crippen LogP contribution is 2.53. The number of allylic oxidation sites excluding steroid dienone is 4. The van der Waals surface area contributed by atoms with Crippen molar-refractivity contribution in [3.63, 3.8) is 0 Å². The predicted molar refractivity (Wildman–Crippen MR) is 198 cm³/mol. The van der Waals surface area contributed by atoms with E-state index in [1.54, 1.807) is 14.2 Å². The summed E-state index contributed by atoms with van der Waals surface area (Å²) in [4.78, 5) is 0. The van der Waals surface area contributed by atoms with Crippen molar-refractivity contribution in [1.29, 1.82) is 0 Å². The van der Waals surface area contributed by atoms with Gasteiger partial charge in [0.05, 0.1) is 14.2 Å². The van der Waals surface area contributed by atoms with E-state index in [1.807, 2.05) is 0 Å². The van der Waals surface area contributed by atoms with Crippen LogP contribution in [0.1, 0.15) is 51.4 Å². The zero-order valence-electron chi connectivity index (χ0n) is 28.8. The number of rotatable bonds is 9. The summed E-state index contributed by atoms with van der Waals surface area (Å²) in [5, 5.41) is 5.62. The minimum Gasteiger partial charge on any atom is -0.496 e. The van der Waals surface area contributed by atoms with Crippen LogP contribution in [0.4, 0.5) is 0 Å². The standard InChI is InChI=1S/C41H47O2P2/c1-25-15-26(2)18-34(17-25)44(35-19-27(3)16-28(4)20-35)33(9)38-13-12-14-39(38)45(36-21-29(5)40(42-10)30(6)22-36)37-23-31(7)41(43-11)32(8)24-37/h12,14-24,33,39H,1-11H3/t33-,39?/m0/s1. The molecule has 4 heteroatoms. The molecule has 0 amide bonds. The van der Waals surface area contributed by atoms with Crippen molar-refractivity contribution in [3.8, 4) is 11.5 Å². The summed E-state index contributed by atoms with van der Waals surface area (Å²) in [7, 11) is 2.06. The molecule has 0 aromatic heterocycles. The average molecular weight is 634 g/mol. The van der Waals surface area contributed by atoms with Gasteiger partial charge in [-0.3, -0.25) is 0 Å². The van der Waals surface area contributed by atoms with Crippen LogP contribution in [0.25, 0.3) is 0 Å². The minimum atomic E-state index is -0.798. The van der Waals surface area contributed by atoms with E-state index in [2.05, 4.69) is 141 Å². The summed E-state index contributed by atoms with van der Waals surface area (Å²) in [6.07, 6.45) is 8.43. The Hall–Kier alpha value is -3.18. The molecule has 0 spiro atoms. The zero-order chi connectivity index (χ0) is 32.6. The van der Waals surface area contributed by atoms with E-state index >= 15 is 0 Å². The van der Waals surface area contributed by atoms with Gasteiger partial charge in [-0.2, -0.15) is 0 Å². The molecule has 5 rings (SSSR count). The summed E-state index contributed by atoms with van der Waals surface area (Å²) in [6.45, 7) is 20.0. The Bertz CT molecular complexity index is 1600. The van der Waals surface area contributed by atoms with E-state index in [9.17, 15) is 0 Å². The minimum absolute atomic E-state index is 0.233. The Labute approximate surface area is 274 Å². The maximum Gasteiger partial charge on any atom is 0.124 e. The van der Waals surface area contributed by atoms with Crippen LogP contribution >= 0.6 is 15.8 Å². The molecule has 0 bridgehead atoms. The van der Waals surface area contributed by atoms with Crippen LogP contribution in [-0.2, 0) is 0 Å². The second kappa shape index (κ2) is 13.7. The topological polar surface area (TPSA) is 18.5 Å². The molecule has 0 fully saturated rings. The lowest BCUT2D eigenvalue weighted by Gasteiger charge is -2.34. The lowest BCUT2D eigenvalue weighted by atomic mass is 10.1. The first-order chi connectivity index (χ1) is 21.4. The Morgan fingerprint density at radius 1 is 0.556 bits per heavy atom. The molecule has 0 saturated heterocycles. The molecular weight excluding hydrogens is 586 g/mol. The molecule has 1 unspecified atom stereocenters. The second-order valence-corrected chi connectivity index (χ2v) is 17.6. The van der Waals surface area contributed by atoms with Gasteiger partial charge in [-0.05, 0) is 151 Å². The average Bonchev–Trinajstić information content (AvgIpc) is 3.41. The number of methoxy groups -OCH3 is 2. The van der Waals surface area contributed by atoms with Crippen molar-refractivity contribution in [2.24, 2.45) is 0 Å². The molecule has 0 N–H and O–H groups in total. The SMILES string of the molecule is COc1c(C)cc(P(c2cc(C)c(OC)c(C)c2)C2C=C[C]=C2[C@H](C)P(c2cc(C)cc(C)c2)c2cc(C)cc(C)c2)cc1C. The maximum absolute atomic E-state index is 5.80. The summed E-state index contributed by atoms with van der Waals surface area (Å²) in [5.74, 6) is 1.95. The number of ether oxygens (including phenoxy) is 2. The number of aryl methyl sites for hydroxylation is 8. The molecule has 4 aromatic carbocycles. The third-order valence-electron chi connectivity index (χ3n) is 8.79. The largest absolute Gasteiger partial charge is 0.496 e. The lowest BCUT2D eigenvalue weighted by Crippen LogP contribution is -2.29. The molecule has 0 heterocycles. The van der Waals surface area contributed by atoms with Gasteiger partial charge in [-0.15, -0.1) is 0 Å².